The van der Waals surface area contributed by atoms with E-state index in [9.17, 15) is 18.7 Å². The molecule has 1 aromatic rings. The van der Waals surface area contributed by atoms with Gasteiger partial charge in [-0.05, 0) is 38.5 Å². The fraction of sp³-hybridized carbons (Fsp3) is 0.462. The van der Waals surface area contributed by atoms with Crippen molar-refractivity contribution in [3.63, 3.8) is 0 Å². The third-order valence-electron chi connectivity index (χ3n) is 2.67. The number of carboxylic acids is 1. The lowest BCUT2D eigenvalue weighted by Crippen LogP contribution is -2.48. The lowest BCUT2D eigenvalue weighted by molar-refractivity contribution is -0.207. The first-order valence-electron chi connectivity index (χ1n) is 5.70. The van der Waals surface area contributed by atoms with Gasteiger partial charge in [0.15, 0.2) is 5.60 Å². The highest BCUT2D eigenvalue weighted by molar-refractivity contribution is 5.77. The summed E-state index contributed by atoms with van der Waals surface area (Å²) in [6, 6.07) is 5.24. The first kappa shape index (κ1) is 15.4. The molecule has 0 saturated carbocycles. The fourth-order valence-electron chi connectivity index (χ4n) is 1.52. The van der Waals surface area contributed by atoms with E-state index in [1.807, 2.05) is 13.8 Å². The number of halogens is 2. The van der Waals surface area contributed by atoms with Crippen LogP contribution in [0.2, 0.25) is 0 Å². The maximum absolute atomic E-state index is 13.4. The number of aliphatic hydroxyl groups is 1. The molecule has 0 radical (unpaired) electrons. The predicted octanol–water partition coefficient (Wildman–Crippen LogP) is 2.40. The minimum atomic E-state index is -4.28. The number of hydrogen-bond donors (Lipinski definition) is 2. The highest BCUT2D eigenvalue weighted by atomic mass is 19.3. The summed E-state index contributed by atoms with van der Waals surface area (Å²) in [4.78, 5) is 10.5. The van der Waals surface area contributed by atoms with Crippen molar-refractivity contribution >= 4 is 5.97 Å². The molecule has 2 N–H and O–H groups in total. The van der Waals surface area contributed by atoms with Crippen LogP contribution in [0.5, 0.6) is 5.75 Å². The van der Waals surface area contributed by atoms with E-state index < -0.39 is 17.5 Å². The van der Waals surface area contributed by atoms with Crippen molar-refractivity contribution in [1.29, 1.82) is 0 Å². The first-order valence-corrected chi connectivity index (χ1v) is 5.70. The molecule has 106 valence electrons. The summed E-state index contributed by atoms with van der Waals surface area (Å²) in [5.74, 6) is -6.21. The van der Waals surface area contributed by atoms with Gasteiger partial charge in [0.05, 0.1) is 6.10 Å². The lowest BCUT2D eigenvalue weighted by Gasteiger charge is -2.29. The van der Waals surface area contributed by atoms with E-state index in [1.54, 1.807) is 0 Å². The second kappa shape index (κ2) is 5.13. The summed E-state index contributed by atoms with van der Waals surface area (Å²) in [7, 11) is 0. The van der Waals surface area contributed by atoms with Gasteiger partial charge in [0.1, 0.15) is 5.75 Å². The smallest absolute Gasteiger partial charge is 0.378 e. The molecule has 0 aromatic heterocycles. The molecule has 0 bridgehead atoms. The zero-order chi connectivity index (χ0) is 14.8. The Morgan fingerprint density at radius 2 is 1.74 bits per heavy atom. The maximum Gasteiger partial charge on any atom is 0.378 e. The summed E-state index contributed by atoms with van der Waals surface area (Å²) in [6.45, 7) is 4.38. The van der Waals surface area contributed by atoms with Crippen molar-refractivity contribution in [2.75, 3.05) is 0 Å². The molecule has 19 heavy (non-hydrogen) atoms. The Labute approximate surface area is 109 Å². The number of ether oxygens (including phenoxy) is 1. The zero-order valence-electron chi connectivity index (χ0n) is 10.9. The van der Waals surface area contributed by atoms with Crippen molar-refractivity contribution in [3.8, 4) is 5.75 Å². The number of benzene rings is 1. The van der Waals surface area contributed by atoms with Crippen LogP contribution >= 0.6 is 0 Å². The molecule has 0 saturated heterocycles. The van der Waals surface area contributed by atoms with Crippen LogP contribution < -0.4 is 4.74 Å². The number of alkyl halides is 2. The van der Waals surface area contributed by atoms with Crippen molar-refractivity contribution in [1.82, 2.24) is 0 Å². The second-order valence-corrected chi connectivity index (χ2v) is 4.64. The van der Waals surface area contributed by atoms with Crippen molar-refractivity contribution in [2.45, 2.75) is 38.4 Å². The van der Waals surface area contributed by atoms with E-state index in [1.165, 1.54) is 24.3 Å². The van der Waals surface area contributed by atoms with Crippen LogP contribution in [-0.2, 0) is 10.4 Å². The van der Waals surface area contributed by atoms with Gasteiger partial charge in [0.25, 0.3) is 0 Å². The molecule has 0 aliphatic rings. The highest BCUT2D eigenvalue weighted by Gasteiger charge is 2.56. The molecular weight excluding hydrogens is 258 g/mol. The van der Waals surface area contributed by atoms with E-state index in [4.69, 9.17) is 9.84 Å². The molecular formula is C13H16F2O4. The van der Waals surface area contributed by atoms with Crippen molar-refractivity contribution in [2.24, 2.45) is 0 Å². The number of carbonyl (C=O) groups is 1. The summed E-state index contributed by atoms with van der Waals surface area (Å²) in [6.07, 6.45) is -0.0770. The van der Waals surface area contributed by atoms with Gasteiger partial charge in [-0.3, -0.25) is 0 Å². The van der Waals surface area contributed by atoms with Gasteiger partial charge >= 0.3 is 11.9 Å². The molecule has 1 aromatic carbocycles. The first-order chi connectivity index (χ1) is 8.59. The molecule has 1 atom stereocenters. The van der Waals surface area contributed by atoms with Gasteiger partial charge < -0.3 is 14.9 Å². The Morgan fingerprint density at radius 3 is 2.11 bits per heavy atom. The number of hydrogen-bond acceptors (Lipinski definition) is 3. The van der Waals surface area contributed by atoms with E-state index in [0.29, 0.717) is 5.75 Å². The van der Waals surface area contributed by atoms with Crippen LogP contribution in [0.25, 0.3) is 0 Å². The van der Waals surface area contributed by atoms with Crippen LogP contribution in [0.3, 0.4) is 0 Å². The minimum Gasteiger partial charge on any atom is -0.491 e. The van der Waals surface area contributed by atoms with E-state index >= 15 is 0 Å². The Kier molecular flexibility index (Phi) is 4.15. The molecule has 6 heteroatoms. The average Bonchev–Trinajstić information content (AvgIpc) is 2.28. The molecule has 4 nitrogen and oxygen atoms in total. The van der Waals surface area contributed by atoms with Crippen LogP contribution in [0.4, 0.5) is 8.78 Å². The lowest BCUT2D eigenvalue weighted by atomic mass is 9.89. The third-order valence-corrected chi connectivity index (χ3v) is 2.67. The topological polar surface area (TPSA) is 66.8 Å². The number of rotatable bonds is 5. The molecule has 0 amide bonds. The SMILES string of the molecule is CC(C)Oc1ccc(C(C)(O)C(F)(F)C(=O)O)cc1. The van der Waals surface area contributed by atoms with Gasteiger partial charge in [-0.1, -0.05) is 12.1 Å². The third kappa shape index (κ3) is 3.01. The van der Waals surface area contributed by atoms with Crippen LogP contribution in [-0.4, -0.2) is 28.2 Å². The Morgan fingerprint density at radius 1 is 1.26 bits per heavy atom. The summed E-state index contributed by atoms with van der Waals surface area (Å²) >= 11 is 0. The minimum absolute atomic E-state index is 0.0770. The zero-order valence-corrected chi connectivity index (χ0v) is 10.9. The Hall–Kier alpha value is -1.69. The molecule has 0 aliphatic carbocycles. The summed E-state index contributed by atoms with van der Waals surface area (Å²) in [5.41, 5.74) is -2.99. The van der Waals surface area contributed by atoms with Crippen LogP contribution in [0.1, 0.15) is 26.3 Å². The van der Waals surface area contributed by atoms with E-state index in [0.717, 1.165) is 6.92 Å². The molecule has 1 unspecified atom stereocenters. The summed E-state index contributed by atoms with van der Waals surface area (Å²) in [5, 5.41) is 18.3. The van der Waals surface area contributed by atoms with Crippen molar-refractivity contribution in [3.05, 3.63) is 29.8 Å². The molecule has 0 spiro atoms. The van der Waals surface area contributed by atoms with Crippen LogP contribution in [0, 0.1) is 0 Å². The highest BCUT2D eigenvalue weighted by Crippen LogP contribution is 2.38. The molecule has 0 aliphatic heterocycles. The number of aliphatic carboxylic acids is 1. The quantitative estimate of drug-likeness (QED) is 0.865. The van der Waals surface area contributed by atoms with E-state index in [-0.39, 0.29) is 11.7 Å². The molecule has 1 rings (SSSR count). The standard InChI is InChI=1S/C13H16F2O4/c1-8(2)19-10-6-4-9(5-7-10)12(3,18)13(14,15)11(16)17/h4-8,18H,1-3H3,(H,16,17). The summed E-state index contributed by atoms with van der Waals surface area (Å²) < 4.78 is 32.2. The number of carboxylic acid groups (broad SMARTS) is 1. The predicted molar refractivity (Wildman–Crippen MR) is 64.4 cm³/mol. The van der Waals surface area contributed by atoms with Crippen LogP contribution in [0.15, 0.2) is 24.3 Å². The largest absolute Gasteiger partial charge is 0.491 e. The van der Waals surface area contributed by atoms with Gasteiger partial charge in [0, 0.05) is 0 Å². The van der Waals surface area contributed by atoms with Gasteiger partial charge in [-0.25, -0.2) is 4.79 Å². The van der Waals surface area contributed by atoms with Gasteiger partial charge in [0.2, 0.25) is 0 Å². The van der Waals surface area contributed by atoms with E-state index in [2.05, 4.69) is 0 Å². The maximum atomic E-state index is 13.4. The average molecular weight is 274 g/mol. The van der Waals surface area contributed by atoms with Crippen molar-refractivity contribution < 1.29 is 28.5 Å². The molecule has 0 heterocycles. The second-order valence-electron chi connectivity index (χ2n) is 4.64. The van der Waals surface area contributed by atoms with Gasteiger partial charge in [-0.15, -0.1) is 0 Å². The van der Waals surface area contributed by atoms with Gasteiger partial charge in [-0.2, -0.15) is 8.78 Å². The Balaban J connectivity index is 3.06. The Bertz CT molecular complexity index is 452. The monoisotopic (exact) mass is 274 g/mol. The fourth-order valence-corrected chi connectivity index (χ4v) is 1.52. The molecule has 0 fully saturated rings. The normalized spacial score (nSPS) is 15.1.